The van der Waals surface area contributed by atoms with E-state index < -0.39 is 19.9 Å². The van der Waals surface area contributed by atoms with E-state index in [0.29, 0.717) is 23.6 Å². The number of hydrogen-bond acceptors (Lipinski definition) is 5. The van der Waals surface area contributed by atoms with Gasteiger partial charge in [0.2, 0.25) is 15.9 Å². The first-order valence-electron chi connectivity index (χ1n) is 8.94. The second-order valence-corrected chi connectivity index (χ2v) is 11.3. The minimum Gasteiger partial charge on any atom is -0.326 e. The molecule has 2 aromatic rings. The predicted octanol–water partition coefficient (Wildman–Crippen LogP) is 2.78. The van der Waals surface area contributed by atoms with E-state index in [1.165, 1.54) is 28.6 Å². The molecule has 0 atom stereocenters. The summed E-state index contributed by atoms with van der Waals surface area (Å²) in [7, 11) is -7.35. The van der Waals surface area contributed by atoms with E-state index in [4.69, 9.17) is 11.6 Å². The number of nitrogens with one attached hydrogen (secondary N) is 1. The van der Waals surface area contributed by atoms with Gasteiger partial charge in [0.05, 0.1) is 9.79 Å². The summed E-state index contributed by atoms with van der Waals surface area (Å²) < 4.78 is 50.5. The molecule has 7 nitrogen and oxygen atoms in total. The quantitative estimate of drug-likeness (QED) is 0.745. The van der Waals surface area contributed by atoms with Crippen molar-refractivity contribution in [2.75, 3.05) is 24.7 Å². The molecule has 29 heavy (non-hydrogen) atoms. The Labute approximate surface area is 175 Å². The third kappa shape index (κ3) is 5.16. The number of carbonyl (C=O) groups is 1. The van der Waals surface area contributed by atoms with E-state index in [0.717, 1.165) is 6.26 Å². The van der Waals surface area contributed by atoms with E-state index in [-0.39, 0.29) is 34.7 Å². The van der Waals surface area contributed by atoms with Crippen LogP contribution in [0.4, 0.5) is 5.69 Å². The van der Waals surface area contributed by atoms with Gasteiger partial charge in [-0.2, -0.15) is 4.31 Å². The highest BCUT2D eigenvalue weighted by Gasteiger charge is 2.32. The standard InChI is InChI=1S/C19H21ClN2O5S2/c1-28(24,25)17-6-3-7-18(13-17)29(26,27)22-10-8-14(9-11-22)19(23)21-16-5-2-4-15(20)12-16/h2-7,12-14H,8-11H2,1H3,(H,21,23). The lowest BCUT2D eigenvalue weighted by Crippen LogP contribution is -2.41. The van der Waals surface area contributed by atoms with Gasteiger partial charge in [0.15, 0.2) is 9.84 Å². The number of rotatable bonds is 5. The van der Waals surface area contributed by atoms with E-state index in [2.05, 4.69) is 5.32 Å². The van der Waals surface area contributed by atoms with Gasteiger partial charge < -0.3 is 5.32 Å². The highest BCUT2D eigenvalue weighted by Crippen LogP contribution is 2.26. The van der Waals surface area contributed by atoms with Crippen molar-refractivity contribution in [3.8, 4) is 0 Å². The molecule has 1 fully saturated rings. The lowest BCUT2D eigenvalue weighted by molar-refractivity contribution is -0.120. The number of sulfone groups is 1. The van der Waals surface area contributed by atoms with Crippen LogP contribution in [0.1, 0.15) is 12.8 Å². The van der Waals surface area contributed by atoms with Crippen LogP contribution < -0.4 is 5.32 Å². The van der Waals surface area contributed by atoms with Gasteiger partial charge in [-0.3, -0.25) is 4.79 Å². The second kappa shape index (κ2) is 8.43. The average molecular weight is 457 g/mol. The predicted molar refractivity (Wildman–Crippen MR) is 111 cm³/mol. The minimum atomic E-state index is -3.84. The third-order valence-electron chi connectivity index (χ3n) is 4.79. The summed E-state index contributed by atoms with van der Waals surface area (Å²) in [5, 5.41) is 3.32. The Balaban J connectivity index is 1.67. The maximum Gasteiger partial charge on any atom is 0.243 e. The molecule has 2 aromatic carbocycles. The van der Waals surface area contributed by atoms with Crippen LogP contribution in [0.5, 0.6) is 0 Å². The lowest BCUT2D eigenvalue weighted by atomic mass is 9.97. The van der Waals surface area contributed by atoms with Crippen molar-refractivity contribution in [1.82, 2.24) is 4.31 Å². The number of benzene rings is 2. The minimum absolute atomic E-state index is 0.0469. The molecule has 1 N–H and O–H groups in total. The highest BCUT2D eigenvalue weighted by atomic mass is 35.5. The lowest BCUT2D eigenvalue weighted by Gasteiger charge is -2.30. The zero-order valence-corrected chi connectivity index (χ0v) is 18.1. The van der Waals surface area contributed by atoms with Gasteiger partial charge in [-0.1, -0.05) is 23.7 Å². The Bertz CT molecular complexity index is 1120. The first-order chi connectivity index (χ1) is 13.6. The number of piperidine rings is 1. The molecule has 0 aliphatic carbocycles. The molecule has 0 aromatic heterocycles. The van der Waals surface area contributed by atoms with Crippen molar-refractivity contribution >= 4 is 43.1 Å². The number of halogens is 1. The van der Waals surface area contributed by atoms with Gasteiger partial charge in [0.1, 0.15) is 0 Å². The van der Waals surface area contributed by atoms with Crippen LogP contribution >= 0.6 is 11.6 Å². The molecule has 0 spiro atoms. The van der Waals surface area contributed by atoms with Crippen molar-refractivity contribution in [2.24, 2.45) is 5.92 Å². The summed E-state index contributed by atoms with van der Waals surface area (Å²) in [6.07, 6.45) is 1.78. The summed E-state index contributed by atoms with van der Waals surface area (Å²) in [6, 6.07) is 12.1. The van der Waals surface area contributed by atoms with Crippen molar-refractivity contribution in [2.45, 2.75) is 22.6 Å². The summed E-state index contributed by atoms with van der Waals surface area (Å²) in [5.41, 5.74) is 0.593. The Morgan fingerprint density at radius 2 is 1.62 bits per heavy atom. The van der Waals surface area contributed by atoms with Gasteiger partial charge in [-0.05, 0) is 49.2 Å². The summed E-state index contributed by atoms with van der Waals surface area (Å²) in [6.45, 7) is 0.359. The first kappa shape index (κ1) is 21.8. The van der Waals surface area contributed by atoms with Crippen LogP contribution in [0.2, 0.25) is 5.02 Å². The van der Waals surface area contributed by atoms with Gasteiger partial charge >= 0.3 is 0 Å². The molecule has 3 rings (SSSR count). The Morgan fingerprint density at radius 1 is 1.00 bits per heavy atom. The molecule has 1 aliphatic heterocycles. The van der Waals surface area contributed by atoms with Gasteiger partial charge in [-0.25, -0.2) is 16.8 Å². The van der Waals surface area contributed by atoms with Gasteiger partial charge in [0, 0.05) is 36.0 Å². The third-order valence-corrected chi connectivity index (χ3v) is 8.03. The fraction of sp³-hybridized carbons (Fsp3) is 0.316. The van der Waals surface area contributed by atoms with E-state index in [1.807, 2.05) is 0 Å². The average Bonchev–Trinajstić information content (AvgIpc) is 2.67. The van der Waals surface area contributed by atoms with Gasteiger partial charge in [0.25, 0.3) is 0 Å². The topological polar surface area (TPSA) is 101 Å². The Morgan fingerprint density at radius 3 is 2.24 bits per heavy atom. The normalized spacial score (nSPS) is 16.5. The van der Waals surface area contributed by atoms with E-state index in [1.54, 1.807) is 24.3 Å². The number of carbonyl (C=O) groups excluding carboxylic acids is 1. The molecule has 0 bridgehead atoms. The van der Waals surface area contributed by atoms with Gasteiger partial charge in [-0.15, -0.1) is 0 Å². The number of amides is 1. The molecule has 0 unspecified atom stereocenters. The Kier molecular flexibility index (Phi) is 6.33. The van der Waals surface area contributed by atoms with Crippen LogP contribution in [-0.4, -0.2) is 46.4 Å². The van der Waals surface area contributed by atoms with Crippen LogP contribution in [0, 0.1) is 5.92 Å². The summed E-state index contributed by atoms with van der Waals surface area (Å²) in [4.78, 5) is 12.4. The molecule has 1 heterocycles. The Hall–Kier alpha value is -1.94. The molecule has 0 radical (unpaired) electrons. The SMILES string of the molecule is CS(=O)(=O)c1cccc(S(=O)(=O)N2CCC(C(=O)Nc3cccc(Cl)c3)CC2)c1. The second-order valence-electron chi connectivity index (χ2n) is 6.92. The fourth-order valence-electron chi connectivity index (χ4n) is 3.18. The molecular weight excluding hydrogens is 436 g/mol. The molecule has 156 valence electrons. The maximum atomic E-state index is 12.9. The van der Waals surface area contributed by atoms with E-state index >= 15 is 0 Å². The van der Waals surface area contributed by atoms with Crippen molar-refractivity contribution < 1.29 is 21.6 Å². The highest BCUT2D eigenvalue weighted by molar-refractivity contribution is 7.91. The smallest absolute Gasteiger partial charge is 0.243 e. The molecule has 1 aliphatic rings. The fourth-order valence-corrected chi connectivity index (χ4v) is 5.63. The van der Waals surface area contributed by atoms with Crippen LogP contribution in [-0.2, 0) is 24.7 Å². The number of hydrogen-bond donors (Lipinski definition) is 1. The number of nitrogens with zero attached hydrogens (tertiary/aromatic N) is 1. The molecule has 1 saturated heterocycles. The largest absolute Gasteiger partial charge is 0.326 e. The zero-order valence-electron chi connectivity index (χ0n) is 15.7. The van der Waals surface area contributed by atoms with E-state index in [9.17, 15) is 21.6 Å². The number of anilines is 1. The summed E-state index contributed by atoms with van der Waals surface area (Å²) in [5.74, 6) is -0.494. The van der Waals surface area contributed by atoms with Crippen LogP contribution in [0.15, 0.2) is 58.3 Å². The first-order valence-corrected chi connectivity index (χ1v) is 12.6. The monoisotopic (exact) mass is 456 g/mol. The molecule has 0 saturated carbocycles. The number of sulfonamides is 1. The van der Waals surface area contributed by atoms with Crippen LogP contribution in [0.25, 0.3) is 0 Å². The summed E-state index contributed by atoms with van der Waals surface area (Å²) >= 11 is 5.92. The zero-order chi connectivity index (χ0) is 21.2. The van der Waals surface area contributed by atoms with Crippen molar-refractivity contribution in [3.05, 3.63) is 53.6 Å². The van der Waals surface area contributed by atoms with Crippen molar-refractivity contribution in [3.63, 3.8) is 0 Å². The molecule has 10 heteroatoms. The van der Waals surface area contributed by atoms with Crippen molar-refractivity contribution in [1.29, 1.82) is 0 Å². The molecule has 1 amide bonds. The van der Waals surface area contributed by atoms with Crippen LogP contribution in [0.3, 0.4) is 0 Å². The maximum absolute atomic E-state index is 12.9. The molecular formula is C19H21ClN2O5S2.